The molecule has 2 nitrogen and oxygen atoms in total. The van der Waals surface area contributed by atoms with Crippen molar-refractivity contribution in [1.82, 2.24) is 5.32 Å². The second-order valence-corrected chi connectivity index (χ2v) is 6.77. The second kappa shape index (κ2) is 6.93. The minimum Gasteiger partial charge on any atom is -0.374 e. The van der Waals surface area contributed by atoms with Gasteiger partial charge in [0.1, 0.15) is 0 Å². The topological polar surface area (TPSA) is 21.3 Å². The molecular formula is C19H29NO. The van der Waals surface area contributed by atoms with Crippen LogP contribution in [0, 0.1) is 0 Å². The molecule has 0 amide bonds. The van der Waals surface area contributed by atoms with E-state index in [1.165, 1.54) is 50.5 Å². The summed E-state index contributed by atoms with van der Waals surface area (Å²) in [6.07, 6.45) is 8.76. The van der Waals surface area contributed by atoms with Gasteiger partial charge < -0.3 is 10.1 Å². The SMILES string of the molecule is CCCNC1CCOC2(CCCCC2c2ccccc2)C1. The van der Waals surface area contributed by atoms with Gasteiger partial charge >= 0.3 is 0 Å². The Morgan fingerprint density at radius 3 is 2.86 bits per heavy atom. The van der Waals surface area contributed by atoms with Crippen molar-refractivity contribution in [2.45, 2.75) is 69.4 Å². The molecule has 0 bridgehead atoms. The van der Waals surface area contributed by atoms with Gasteiger partial charge in [0.15, 0.2) is 0 Å². The molecular weight excluding hydrogens is 258 g/mol. The number of benzene rings is 1. The molecule has 1 spiro atoms. The van der Waals surface area contributed by atoms with Gasteiger partial charge in [0.25, 0.3) is 0 Å². The van der Waals surface area contributed by atoms with Crippen molar-refractivity contribution in [2.75, 3.05) is 13.2 Å². The Bertz CT molecular complexity index is 428. The number of ether oxygens (including phenoxy) is 1. The summed E-state index contributed by atoms with van der Waals surface area (Å²) in [6.45, 7) is 4.30. The zero-order chi connectivity index (χ0) is 14.5. The maximum atomic E-state index is 6.44. The van der Waals surface area contributed by atoms with Gasteiger partial charge in [-0.25, -0.2) is 0 Å². The molecule has 2 heteroatoms. The Morgan fingerprint density at radius 2 is 2.05 bits per heavy atom. The number of hydrogen-bond donors (Lipinski definition) is 1. The molecule has 1 aliphatic heterocycles. The van der Waals surface area contributed by atoms with Crippen LogP contribution in [0.5, 0.6) is 0 Å². The Labute approximate surface area is 129 Å². The molecule has 1 aromatic rings. The van der Waals surface area contributed by atoms with E-state index in [0.717, 1.165) is 13.2 Å². The largest absolute Gasteiger partial charge is 0.374 e. The molecule has 2 aliphatic rings. The molecule has 0 radical (unpaired) electrons. The van der Waals surface area contributed by atoms with E-state index in [1.807, 2.05) is 0 Å². The highest BCUT2D eigenvalue weighted by Crippen LogP contribution is 2.47. The van der Waals surface area contributed by atoms with E-state index in [-0.39, 0.29) is 5.60 Å². The fourth-order valence-electron chi connectivity index (χ4n) is 4.29. The summed E-state index contributed by atoms with van der Waals surface area (Å²) in [5.41, 5.74) is 1.57. The molecule has 3 atom stereocenters. The first-order valence-corrected chi connectivity index (χ1v) is 8.76. The summed E-state index contributed by atoms with van der Waals surface area (Å²) >= 11 is 0. The highest BCUT2D eigenvalue weighted by Gasteiger charge is 2.45. The lowest BCUT2D eigenvalue weighted by Crippen LogP contribution is -2.51. The van der Waals surface area contributed by atoms with E-state index in [2.05, 4.69) is 42.6 Å². The van der Waals surface area contributed by atoms with E-state index in [4.69, 9.17) is 4.74 Å². The van der Waals surface area contributed by atoms with Crippen LogP contribution in [0.4, 0.5) is 0 Å². The minimum absolute atomic E-state index is 0.0866. The molecule has 1 saturated carbocycles. The summed E-state index contributed by atoms with van der Waals surface area (Å²) in [5, 5.41) is 3.73. The molecule has 1 heterocycles. The highest BCUT2D eigenvalue weighted by atomic mass is 16.5. The molecule has 116 valence electrons. The third kappa shape index (κ3) is 3.32. The second-order valence-electron chi connectivity index (χ2n) is 6.77. The van der Waals surface area contributed by atoms with Gasteiger partial charge in [-0.1, -0.05) is 50.1 Å². The van der Waals surface area contributed by atoms with Crippen molar-refractivity contribution >= 4 is 0 Å². The van der Waals surface area contributed by atoms with Gasteiger partial charge in [-0.3, -0.25) is 0 Å². The Kier molecular flexibility index (Phi) is 4.97. The zero-order valence-electron chi connectivity index (χ0n) is 13.3. The molecule has 21 heavy (non-hydrogen) atoms. The standard InChI is InChI=1S/C19H29NO/c1-2-13-20-17-11-14-21-19(15-17)12-7-6-10-18(19)16-8-4-3-5-9-16/h3-5,8-9,17-18,20H,2,6-7,10-15H2,1H3. The quantitative estimate of drug-likeness (QED) is 0.893. The molecule has 3 unspecified atom stereocenters. The predicted octanol–water partition coefficient (Wildman–Crippen LogP) is 4.26. The van der Waals surface area contributed by atoms with Crippen LogP contribution in [0.25, 0.3) is 0 Å². The molecule has 1 aromatic carbocycles. The molecule has 1 saturated heterocycles. The zero-order valence-corrected chi connectivity index (χ0v) is 13.3. The predicted molar refractivity (Wildman–Crippen MR) is 87.6 cm³/mol. The van der Waals surface area contributed by atoms with Gasteiger partial charge in [0.05, 0.1) is 5.60 Å². The fraction of sp³-hybridized carbons (Fsp3) is 0.684. The maximum absolute atomic E-state index is 6.44. The first kappa shape index (κ1) is 15.1. The van der Waals surface area contributed by atoms with Crippen LogP contribution in [-0.4, -0.2) is 24.8 Å². The molecule has 2 fully saturated rings. The van der Waals surface area contributed by atoms with Crippen LogP contribution < -0.4 is 5.32 Å². The van der Waals surface area contributed by atoms with Gasteiger partial charge in [-0.15, -0.1) is 0 Å². The maximum Gasteiger partial charge on any atom is 0.0765 e. The first-order chi connectivity index (χ1) is 10.3. The minimum atomic E-state index is 0.0866. The van der Waals surface area contributed by atoms with Crippen molar-refractivity contribution in [3.05, 3.63) is 35.9 Å². The van der Waals surface area contributed by atoms with Crippen LogP contribution in [-0.2, 0) is 4.74 Å². The third-order valence-corrected chi connectivity index (χ3v) is 5.31. The van der Waals surface area contributed by atoms with Gasteiger partial charge in [0, 0.05) is 18.6 Å². The van der Waals surface area contributed by atoms with Crippen LogP contribution in [0.15, 0.2) is 30.3 Å². The number of nitrogens with one attached hydrogen (secondary N) is 1. The summed E-state index contributed by atoms with van der Waals surface area (Å²) < 4.78 is 6.44. The number of hydrogen-bond acceptors (Lipinski definition) is 2. The highest BCUT2D eigenvalue weighted by molar-refractivity contribution is 5.24. The lowest BCUT2D eigenvalue weighted by molar-refractivity contribution is -0.122. The number of rotatable bonds is 4. The van der Waals surface area contributed by atoms with Gasteiger partial charge in [-0.2, -0.15) is 0 Å². The first-order valence-electron chi connectivity index (χ1n) is 8.76. The normalized spacial score (nSPS) is 33.2. The average molecular weight is 287 g/mol. The smallest absolute Gasteiger partial charge is 0.0765 e. The van der Waals surface area contributed by atoms with Crippen LogP contribution in [0.3, 0.4) is 0 Å². The Balaban J connectivity index is 1.78. The molecule has 1 aliphatic carbocycles. The lowest BCUT2D eigenvalue weighted by atomic mass is 9.68. The van der Waals surface area contributed by atoms with Gasteiger partial charge in [-0.05, 0) is 44.2 Å². The van der Waals surface area contributed by atoms with Crippen LogP contribution in [0.2, 0.25) is 0 Å². The van der Waals surface area contributed by atoms with Crippen molar-refractivity contribution in [3.63, 3.8) is 0 Å². The van der Waals surface area contributed by atoms with Crippen molar-refractivity contribution in [3.8, 4) is 0 Å². The van der Waals surface area contributed by atoms with E-state index in [9.17, 15) is 0 Å². The van der Waals surface area contributed by atoms with Crippen molar-refractivity contribution < 1.29 is 4.74 Å². The average Bonchev–Trinajstić information content (AvgIpc) is 2.54. The molecule has 3 rings (SSSR count). The third-order valence-electron chi connectivity index (χ3n) is 5.31. The summed E-state index contributed by atoms with van der Waals surface area (Å²) in [4.78, 5) is 0. The fourth-order valence-corrected chi connectivity index (χ4v) is 4.29. The molecule has 0 aromatic heterocycles. The van der Waals surface area contributed by atoms with Crippen LogP contribution >= 0.6 is 0 Å². The van der Waals surface area contributed by atoms with E-state index in [1.54, 1.807) is 0 Å². The van der Waals surface area contributed by atoms with Crippen molar-refractivity contribution in [1.29, 1.82) is 0 Å². The Morgan fingerprint density at radius 1 is 1.19 bits per heavy atom. The molecule has 1 N–H and O–H groups in total. The van der Waals surface area contributed by atoms with Crippen LogP contribution in [0.1, 0.15) is 63.4 Å². The Hall–Kier alpha value is -0.860. The summed E-state index contributed by atoms with van der Waals surface area (Å²) in [7, 11) is 0. The van der Waals surface area contributed by atoms with E-state index < -0.39 is 0 Å². The van der Waals surface area contributed by atoms with E-state index >= 15 is 0 Å². The van der Waals surface area contributed by atoms with Gasteiger partial charge in [0.2, 0.25) is 0 Å². The van der Waals surface area contributed by atoms with Crippen molar-refractivity contribution in [2.24, 2.45) is 0 Å². The van der Waals surface area contributed by atoms with E-state index in [0.29, 0.717) is 12.0 Å². The summed E-state index contributed by atoms with van der Waals surface area (Å²) in [5.74, 6) is 0.582. The monoisotopic (exact) mass is 287 g/mol. The lowest BCUT2D eigenvalue weighted by Gasteiger charge is -2.49. The summed E-state index contributed by atoms with van der Waals surface area (Å²) in [6, 6.07) is 11.7.